The van der Waals surface area contributed by atoms with Gasteiger partial charge in [0.25, 0.3) is 0 Å². The van der Waals surface area contributed by atoms with Gasteiger partial charge >= 0.3 is 0 Å². The van der Waals surface area contributed by atoms with E-state index in [0.717, 1.165) is 11.0 Å². The van der Waals surface area contributed by atoms with Crippen molar-refractivity contribution in [3.05, 3.63) is 12.3 Å². The minimum Gasteiger partial charge on any atom is -0.384 e. The van der Waals surface area contributed by atoms with Crippen molar-refractivity contribution < 1.29 is 0 Å². The normalized spacial score (nSPS) is 12.2. The van der Waals surface area contributed by atoms with Crippen LogP contribution in [0.5, 0.6) is 0 Å². The molecule has 2 aromatic heterocycles. The molecule has 2 N–H and O–H groups in total. The number of aromatic nitrogens is 4. The SMILES string of the molecule is CC(C)(C)n1nnc2cnc(N)cc21. The first kappa shape index (κ1) is 8.93. The second-order valence-corrected chi connectivity index (χ2v) is 4.27. The Morgan fingerprint density at radius 3 is 2.71 bits per heavy atom. The zero-order valence-corrected chi connectivity index (χ0v) is 8.52. The Hall–Kier alpha value is -1.65. The fraction of sp³-hybridized carbons (Fsp3) is 0.444. The molecule has 0 aliphatic carbocycles. The summed E-state index contributed by atoms with van der Waals surface area (Å²) in [6, 6.07) is 1.79. The van der Waals surface area contributed by atoms with E-state index in [1.165, 1.54) is 0 Å². The van der Waals surface area contributed by atoms with E-state index < -0.39 is 0 Å². The third-order valence-electron chi connectivity index (χ3n) is 1.99. The molecule has 0 unspecified atom stereocenters. The highest BCUT2D eigenvalue weighted by atomic mass is 15.4. The maximum atomic E-state index is 5.62. The fourth-order valence-corrected chi connectivity index (χ4v) is 1.34. The Bertz CT molecular complexity index is 465. The first-order chi connectivity index (χ1) is 6.48. The van der Waals surface area contributed by atoms with Crippen LogP contribution in [0.1, 0.15) is 20.8 Å². The van der Waals surface area contributed by atoms with Gasteiger partial charge in [-0.15, -0.1) is 5.10 Å². The lowest BCUT2D eigenvalue weighted by molar-refractivity contribution is 0.358. The highest BCUT2D eigenvalue weighted by molar-refractivity contribution is 5.75. The Morgan fingerprint density at radius 1 is 1.36 bits per heavy atom. The summed E-state index contributed by atoms with van der Waals surface area (Å²) in [5.74, 6) is 0.491. The molecule has 2 aromatic rings. The third kappa shape index (κ3) is 1.30. The largest absolute Gasteiger partial charge is 0.384 e. The summed E-state index contributed by atoms with van der Waals surface area (Å²) in [5, 5.41) is 8.10. The van der Waals surface area contributed by atoms with Crippen LogP contribution in [0.3, 0.4) is 0 Å². The first-order valence-electron chi connectivity index (χ1n) is 4.46. The standard InChI is InChI=1S/C9H13N5/c1-9(2,3)14-7-4-8(10)11-5-6(7)12-13-14/h4-5H,1-3H3,(H2,10,11). The minimum atomic E-state index is -0.0947. The second kappa shape index (κ2) is 2.67. The Morgan fingerprint density at radius 2 is 2.07 bits per heavy atom. The number of nitrogens with two attached hydrogens (primary N) is 1. The van der Waals surface area contributed by atoms with Crippen LogP contribution in [0, 0.1) is 0 Å². The molecule has 2 rings (SSSR count). The van der Waals surface area contributed by atoms with E-state index in [4.69, 9.17) is 5.73 Å². The summed E-state index contributed by atoms with van der Waals surface area (Å²) in [6.07, 6.45) is 1.64. The van der Waals surface area contributed by atoms with Crippen LogP contribution in [0.15, 0.2) is 12.3 Å². The summed E-state index contributed by atoms with van der Waals surface area (Å²) in [5.41, 5.74) is 7.21. The van der Waals surface area contributed by atoms with E-state index in [0.29, 0.717) is 5.82 Å². The molecule has 14 heavy (non-hydrogen) atoms. The highest BCUT2D eigenvalue weighted by Crippen LogP contribution is 2.20. The zero-order chi connectivity index (χ0) is 10.3. The van der Waals surface area contributed by atoms with Gasteiger partial charge < -0.3 is 5.73 Å². The molecule has 0 amide bonds. The molecule has 0 aromatic carbocycles. The number of fused-ring (bicyclic) bond motifs is 1. The number of hydrogen-bond donors (Lipinski definition) is 1. The van der Waals surface area contributed by atoms with Gasteiger partial charge in [0.15, 0.2) is 0 Å². The second-order valence-electron chi connectivity index (χ2n) is 4.27. The van der Waals surface area contributed by atoms with Crippen LogP contribution >= 0.6 is 0 Å². The topological polar surface area (TPSA) is 69.6 Å². The lowest BCUT2D eigenvalue weighted by Crippen LogP contribution is -2.23. The van der Waals surface area contributed by atoms with Crippen molar-refractivity contribution >= 4 is 16.9 Å². The van der Waals surface area contributed by atoms with Crippen molar-refractivity contribution in [2.45, 2.75) is 26.3 Å². The molecule has 74 valence electrons. The molecule has 5 heteroatoms. The summed E-state index contributed by atoms with van der Waals surface area (Å²) in [4.78, 5) is 3.96. The van der Waals surface area contributed by atoms with Crippen molar-refractivity contribution in [2.24, 2.45) is 0 Å². The van der Waals surface area contributed by atoms with Crippen LogP contribution in [0.4, 0.5) is 5.82 Å². The number of rotatable bonds is 0. The summed E-state index contributed by atoms with van der Waals surface area (Å²) in [6.45, 7) is 6.20. The van der Waals surface area contributed by atoms with Crippen LogP contribution in [0.25, 0.3) is 11.0 Å². The van der Waals surface area contributed by atoms with E-state index >= 15 is 0 Å². The van der Waals surface area contributed by atoms with Crippen LogP contribution in [-0.2, 0) is 5.54 Å². The smallest absolute Gasteiger partial charge is 0.131 e. The van der Waals surface area contributed by atoms with Gasteiger partial charge in [0.1, 0.15) is 11.3 Å². The van der Waals surface area contributed by atoms with Crippen molar-refractivity contribution in [3.63, 3.8) is 0 Å². The van der Waals surface area contributed by atoms with Gasteiger partial charge in [0, 0.05) is 6.07 Å². The van der Waals surface area contributed by atoms with E-state index in [9.17, 15) is 0 Å². The van der Waals surface area contributed by atoms with Crippen LogP contribution in [-0.4, -0.2) is 20.0 Å². The molecular weight excluding hydrogens is 178 g/mol. The summed E-state index contributed by atoms with van der Waals surface area (Å²) >= 11 is 0. The minimum absolute atomic E-state index is 0.0947. The average molecular weight is 191 g/mol. The van der Waals surface area contributed by atoms with Gasteiger partial charge in [-0.25, -0.2) is 9.67 Å². The number of hydrogen-bond acceptors (Lipinski definition) is 4. The molecular formula is C9H13N5. The zero-order valence-electron chi connectivity index (χ0n) is 8.52. The molecule has 2 heterocycles. The van der Waals surface area contributed by atoms with E-state index in [-0.39, 0.29) is 5.54 Å². The van der Waals surface area contributed by atoms with E-state index in [1.54, 1.807) is 12.3 Å². The molecule has 0 fully saturated rings. The quantitative estimate of drug-likeness (QED) is 0.678. The van der Waals surface area contributed by atoms with Crippen LogP contribution < -0.4 is 5.73 Å². The highest BCUT2D eigenvalue weighted by Gasteiger charge is 2.17. The predicted molar refractivity (Wildman–Crippen MR) is 54.7 cm³/mol. The maximum Gasteiger partial charge on any atom is 0.131 e. The molecule has 0 radical (unpaired) electrons. The summed E-state index contributed by atoms with van der Waals surface area (Å²) < 4.78 is 1.85. The number of anilines is 1. The number of nitrogen functional groups attached to an aromatic ring is 1. The molecule has 0 bridgehead atoms. The van der Waals surface area contributed by atoms with Crippen molar-refractivity contribution in [1.29, 1.82) is 0 Å². The monoisotopic (exact) mass is 191 g/mol. The van der Waals surface area contributed by atoms with E-state index in [2.05, 4.69) is 36.1 Å². The number of nitrogens with zero attached hydrogens (tertiary/aromatic N) is 4. The molecule has 5 nitrogen and oxygen atoms in total. The van der Waals surface area contributed by atoms with Crippen molar-refractivity contribution in [3.8, 4) is 0 Å². The lowest BCUT2D eigenvalue weighted by Gasteiger charge is -2.19. The fourth-order valence-electron chi connectivity index (χ4n) is 1.34. The average Bonchev–Trinajstić information content (AvgIpc) is 2.45. The Labute approximate surface area is 81.9 Å². The van der Waals surface area contributed by atoms with Crippen LogP contribution in [0.2, 0.25) is 0 Å². The van der Waals surface area contributed by atoms with Crippen molar-refractivity contribution in [2.75, 3.05) is 5.73 Å². The predicted octanol–water partition coefficient (Wildman–Crippen LogP) is 1.16. The van der Waals surface area contributed by atoms with Gasteiger partial charge in [-0.2, -0.15) is 0 Å². The van der Waals surface area contributed by atoms with Gasteiger partial charge in [0.05, 0.1) is 17.3 Å². The maximum absolute atomic E-state index is 5.62. The molecule has 0 atom stereocenters. The molecule has 0 aliphatic heterocycles. The van der Waals surface area contributed by atoms with E-state index in [1.807, 2.05) is 4.68 Å². The lowest BCUT2D eigenvalue weighted by atomic mass is 10.1. The van der Waals surface area contributed by atoms with Gasteiger partial charge in [-0.3, -0.25) is 0 Å². The molecule has 0 saturated carbocycles. The first-order valence-corrected chi connectivity index (χ1v) is 4.46. The Kier molecular flexibility index (Phi) is 1.70. The van der Waals surface area contributed by atoms with Gasteiger partial charge in [0.2, 0.25) is 0 Å². The summed E-state index contributed by atoms with van der Waals surface area (Å²) in [7, 11) is 0. The van der Waals surface area contributed by atoms with Gasteiger partial charge in [-0.1, -0.05) is 5.21 Å². The Balaban J connectivity index is 2.73. The van der Waals surface area contributed by atoms with Crippen molar-refractivity contribution in [1.82, 2.24) is 20.0 Å². The van der Waals surface area contributed by atoms with Gasteiger partial charge in [-0.05, 0) is 20.8 Å². The molecule has 0 spiro atoms. The number of pyridine rings is 1. The molecule has 0 aliphatic rings. The third-order valence-corrected chi connectivity index (χ3v) is 1.99. The molecule has 0 saturated heterocycles.